The Morgan fingerprint density at radius 2 is 1.96 bits per heavy atom. The largest absolute Gasteiger partial charge is 0.445 e. The molecule has 1 aliphatic carbocycles. The summed E-state index contributed by atoms with van der Waals surface area (Å²) in [5, 5.41) is 2.83. The van der Waals surface area contributed by atoms with Crippen LogP contribution in [0.5, 0.6) is 0 Å². The van der Waals surface area contributed by atoms with Crippen LogP contribution in [0.15, 0.2) is 30.3 Å². The highest BCUT2D eigenvalue weighted by molar-refractivity contribution is 8.13. The summed E-state index contributed by atoms with van der Waals surface area (Å²) in [5.74, 6) is 0.0782. The van der Waals surface area contributed by atoms with Crippen LogP contribution >= 0.6 is 10.7 Å². The maximum atomic E-state index is 12.1. The summed E-state index contributed by atoms with van der Waals surface area (Å²) in [6, 6.07) is 9.10. The third kappa shape index (κ3) is 6.03. The Labute approximate surface area is 141 Å². The zero-order chi connectivity index (χ0) is 17.1. The van der Waals surface area contributed by atoms with Crippen molar-refractivity contribution in [2.45, 2.75) is 39.3 Å². The van der Waals surface area contributed by atoms with E-state index in [9.17, 15) is 13.2 Å². The molecule has 0 aromatic heterocycles. The molecule has 1 fully saturated rings. The molecule has 1 unspecified atom stereocenters. The summed E-state index contributed by atoms with van der Waals surface area (Å²) in [5.41, 5.74) is 0.237. The van der Waals surface area contributed by atoms with Gasteiger partial charge in [-0.1, -0.05) is 44.2 Å². The fourth-order valence-corrected chi connectivity index (χ4v) is 4.72. The highest BCUT2D eigenvalue weighted by Crippen LogP contribution is 2.41. The van der Waals surface area contributed by atoms with Gasteiger partial charge in [-0.3, -0.25) is 0 Å². The summed E-state index contributed by atoms with van der Waals surface area (Å²) in [6.07, 6.45) is 1.40. The van der Waals surface area contributed by atoms with Crippen LogP contribution in [0, 0.1) is 11.3 Å². The van der Waals surface area contributed by atoms with Gasteiger partial charge in [0.05, 0.1) is 5.75 Å². The second-order valence-electron chi connectivity index (χ2n) is 6.69. The van der Waals surface area contributed by atoms with Crippen LogP contribution in [-0.4, -0.2) is 26.3 Å². The van der Waals surface area contributed by atoms with Crippen molar-refractivity contribution in [2.75, 3.05) is 5.75 Å². The Morgan fingerprint density at radius 3 is 2.48 bits per heavy atom. The van der Waals surface area contributed by atoms with Gasteiger partial charge in [0.25, 0.3) is 0 Å². The van der Waals surface area contributed by atoms with Crippen LogP contribution < -0.4 is 5.32 Å². The average molecular weight is 360 g/mol. The molecule has 0 heterocycles. The van der Waals surface area contributed by atoms with E-state index in [1.165, 1.54) is 0 Å². The third-order valence-corrected chi connectivity index (χ3v) is 5.38. The number of alkyl carbamates (subject to hydrolysis) is 1. The molecule has 7 heteroatoms. The minimum Gasteiger partial charge on any atom is -0.445 e. The minimum absolute atomic E-state index is 0.179. The first-order valence-electron chi connectivity index (χ1n) is 7.57. The van der Waals surface area contributed by atoms with E-state index < -0.39 is 20.6 Å². The van der Waals surface area contributed by atoms with Crippen LogP contribution in [-0.2, 0) is 20.4 Å². The minimum atomic E-state index is -3.64. The van der Waals surface area contributed by atoms with E-state index in [-0.39, 0.29) is 24.3 Å². The van der Waals surface area contributed by atoms with Gasteiger partial charge < -0.3 is 10.1 Å². The number of hydrogen-bond donors (Lipinski definition) is 1. The molecule has 1 aromatic carbocycles. The van der Waals surface area contributed by atoms with Crippen molar-refractivity contribution in [3.63, 3.8) is 0 Å². The number of nitrogens with one attached hydrogen (secondary N) is 1. The maximum Gasteiger partial charge on any atom is 0.407 e. The molecule has 128 valence electrons. The van der Waals surface area contributed by atoms with Crippen LogP contribution in [0.3, 0.4) is 0 Å². The monoisotopic (exact) mass is 359 g/mol. The zero-order valence-corrected chi connectivity index (χ0v) is 14.9. The Kier molecular flexibility index (Phi) is 5.57. The molecule has 1 saturated carbocycles. The summed E-state index contributed by atoms with van der Waals surface area (Å²) in [4.78, 5) is 12.1. The quantitative estimate of drug-likeness (QED) is 0.758. The lowest BCUT2D eigenvalue weighted by molar-refractivity contribution is 0.123. The molecule has 0 aliphatic heterocycles. The SMILES string of the molecule is CC(C)(CS(=O)(=O)Cl)C(NC(=O)OCc1ccccc1)C1CC1. The predicted molar refractivity (Wildman–Crippen MR) is 89.7 cm³/mol. The van der Waals surface area contributed by atoms with Gasteiger partial charge in [-0.05, 0) is 24.3 Å². The number of benzene rings is 1. The fraction of sp³-hybridized carbons (Fsp3) is 0.562. The van der Waals surface area contributed by atoms with E-state index in [0.29, 0.717) is 0 Å². The standard InChI is InChI=1S/C16H22ClNO4S/c1-16(2,11-23(17,20)21)14(13-8-9-13)18-15(19)22-10-12-6-4-3-5-7-12/h3-7,13-14H,8-11H2,1-2H3,(H,18,19). The van der Waals surface area contributed by atoms with E-state index in [1.807, 2.05) is 30.3 Å². The molecule has 1 N–H and O–H groups in total. The molecule has 1 amide bonds. The van der Waals surface area contributed by atoms with Crippen LogP contribution in [0.25, 0.3) is 0 Å². The predicted octanol–water partition coefficient (Wildman–Crippen LogP) is 3.29. The van der Waals surface area contributed by atoms with Gasteiger partial charge in [0.2, 0.25) is 9.05 Å². The van der Waals surface area contributed by atoms with Crippen molar-refractivity contribution in [3.05, 3.63) is 35.9 Å². The van der Waals surface area contributed by atoms with Gasteiger partial charge in [0, 0.05) is 22.1 Å². The first-order valence-corrected chi connectivity index (χ1v) is 10.0. The number of ether oxygens (including phenoxy) is 1. The number of amides is 1. The lowest BCUT2D eigenvalue weighted by Crippen LogP contribution is -2.49. The molecule has 0 bridgehead atoms. The van der Waals surface area contributed by atoms with Gasteiger partial charge in [0.1, 0.15) is 6.61 Å². The van der Waals surface area contributed by atoms with Gasteiger partial charge in [-0.25, -0.2) is 13.2 Å². The number of rotatable bonds is 7. The van der Waals surface area contributed by atoms with Gasteiger partial charge in [-0.2, -0.15) is 0 Å². The lowest BCUT2D eigenvalue weighted by Gasteiger charge is -2.33. The van der Waals surface area contributed by atoms with E-state index in [4.69, 9.17) is 15.4 Å². The van der Waals surface area contributed by atoms with Crippen molar-refractivity contribution < 1.29 is 17.9 Å². The highest BCUT2D eigenvalue weighted by Gasteiger charge is 2.44. The first-order chi connectivity index (χ1) is 10.7. The Morgan fingerprint density at radius 1 is 1.35 bits per heavy atom. The van der Waals surface area contributed by atoms with E-state index in [1.54, 1.807) is 13.8 Å². The highest BCUT2D eigenvalue weighted by atomic mass is 35.7. The molecule has 0 radical (unpaired) electrons. The molecular weight excluding hydrogens is 338 g/mol. The van der Waals surface area contributed by atoms with Crippen LogP contribution in [0.2, 0.25) is 0 Å². The summed E-state index contributed by atoms with van der Waals surface area (Å²) < 4.78 is 28.1. The average Bonchev–Trinajstić information content (AvgIpc) is 3.25. The molecule has 5 nitrogen and oxygen atoms in total. The van der Waals surface area contributed by atoms with Crippen molar-refractivity contribution in [1.29, 1.82) is 0 Å². The molecule has 1 aromatic rings. The number of hydrogen-bond acceptors (Lipinski definition) is 4. The fourth-order valence-electron chi connectivity index (χ4n) is 2.81. The van der Waals surface area contributed by atoms with Crippen molar-refractivity contribution >= 4 is 25.8 Å². The lowest BCUT2D eigenvalue weighted by atomic mass is 9.83. The van der Waals surface area contributed by atoms with Crippen molar-refractivity contribution in [2.24, 2.45) is 11.3 Å². The second-order valence-corrected chi connectivity index (χ2v) is 9.47. The number of carbonyl (C=O) groups excluding carboxylic acids is 1. The van der Waals surface area contributed by atoms with E-state index >= 15 is 0 Å². The maximum absolute atomic E-state index is 12.1. The molecule has 1 atom stereocenters. The normalized spacial score (nSPS) is 16.7. The third-order valence-electron chi connectivity index (χ3n) is 3.97. The van der Waals surface area contributed by atoms with Crippen molar-refractivity contribution in [1.82, 2.24) is 5.32 Å². The number of halogens is 1. The summed E-state index contributed by atoms with van der Waals surface area (Å²) in [7, 11) is 1.75. The Hall–Kier alpha value is -1.27. The molecule has 0 saturated heterocycles. The van der Waals surface area contributed by atoms with E-state index in [0.717, 1.165) is 18.4 Å². The smallest absolute Gasteiger partial charge is 0.407 e. The Balaban J connectivity index is 1.95. The van der Waals surface area contributed by atoms with Crippen LogP contribution in [0.4, 0.5) is 4.79 Å². The zero-order valence-electron chi connectivity index (χ0n) is 13.3. The summed E-state index contributed by atoms with van der Waals surface area (Å²) in [6.45, 7) is 3.78. The first kappa shape index (κ1) is 18.1. The van der Waals surface area contributed by atoms with Gasteiger partial charge in [0.15, 0.2) is 0 Å². The van der Waals surface area contributed by atoms with Crippen LogP contribution in [0.1, 0.15) is 32.3 Å². The van der Waals surface area contributed by atoms with Gasteiger partial charge in [-0.15, -0.1) is 0 Å². The second kappa shape index (κ2) is 7.09. The Bertz CT molecular complexity index is 641. The topological polar surface area (TPSA) is 72.5 Å². The number of carbonyl (C=O) groups is 1. The molecule has 0 spiro atoms. The molecular formula is C16H22ClNO4S. The molecule has 1 aliphatic rings. The van der Waals surface area contributed by atoms with Crippen molar-refractivity contribution in [3.8, 4) is 0 Å². The molecule has 23 heavy (non-hydrogen) atoms. The molecule has 2 rings (SSSR count). The van der Waals surface area contributed by atoms with Gasteiger partial charge >= 0.3 is 6.09 Å². The van der Waals surface area contributed by atoms with E-state index in [2.05, 4.69) is 5.32 Å². The summed E-state index contributed by atoms with van der Waals surface area (Å²) >= 11 is 0.